The second-order valence-corrected chi connectivity index (χ2v) is 10.4. The van der Waals surface area contributed by atoms with E-state index in [1.807, 2.05) is 47.1 Å². The van der Waals surface area contributed by atoms with E-state index in [4.69, 9.17) is 12.8 Å². The molecule has 0 bridgehead atoms. The number of allylic oxidation sites excluding steroid dienone is 4. The number of likely N-dealkylation sites (tertiary alicyclic amines) is 1. The van der Waals surface area contributed by atoms with Crippen LogP contribution < -0.4 is 5.32 Å². The van der Waals surface area contributed by atoms with Crippen molar-refractivity contribution in [3.05, 3.63) is 77.0 Å². The van der Waals surface area contributed by atoms with E-state index in [0.717, 1.165) is 42.8 Å². The number of anilines is 2. The van der Waals surface area contributed by atoms with Crippen LogP contribution in [0, 0.1) is 37.5 Å². The van der Waals surface area contributed by atoms with E-state index in [1.165, 1.54) is 0 Å². The van der Waals surface area contributed by atoms with Gasteiger partial charge in [-0.05, 0) is 74.2 Å². The van der Waals surface area contributed by atoms with Crippen molar-refractivity contribution in [1.82, 2.24) is 19.7 Å². The Balaban J connectivity index is 1.41. The van der Waals surface area contributed by atoms with Gasteiger partial charge in [-0.25, -0.2) is 4.98 Å². The maximum atomic E-state index is 13.4. The number of nitrogens with zero attached hydrogens (tertiary/aromatic N) is 4. The summed E-state index contributed by atoms with van der Waals surface area (Å²) >= 11 is 0. The SMILES string of the molecule is C#C/C=C(\C=C/CC#C)C1CCN(C(=O)c2ccc(C)c(Nc3cc(C(=O)N4CCN(C)CC4)ccn3)c2)CC1. The fraction of sp³-hybridized carbons (Fsp3) is 0.364. The third kappa shape index (κ3) is 7.20. The van der Waals surface area contributed by atoms with Crippen LogP contribution in [0.25, 0.3) is 0 Å². The molecule has 1 N–H and O–H groups in total. The van der Waals surface area contributed by atoms with E-state index >= 15 is 0 Å². The zero-order chi connectivity index (χ0) is 28.5. The molecule has 1 aromatic carbocycles. The summed E-state index contributed by atoms with van der Waals surface area (Å²) in [6, 6.07) is 9.19. The third-order valence-corrected chi connectivity index (χ3v) is 7.59. The van der Waals surface area contributed by atoms with Crippen molar-refractivity contribution >= 4 is 23.3 Å². The zero-order valence-corrected chi connectivity index (χ0v) is 23.4. The van der Waals surface area contributed by atoms with Gasteiger partial charge in [0.25, 0.3) is 11.8 Å². The van der Waals surface area contributed by atoms with E-state index in [0.29, 0.717) is 55.5 Å². The summed E-state index contributed by atoms with van der Waals surface area (Å²) in [6.07, 6.45) is 20.6. The fourth-order valence-electron chi connectivity index (χ4n) is 5.11. The number of carbonyl (C=O) groups excluding carboxylic acids is 2. The second-order valence-electron chi connectivity index (χ2n) is 10.4. The Bertz CT molecular complexity index is 1360. The standard InChI is InChI=1S/C33H37N5O2/c1-5-7-8-10-26(9-6-2)27-14-17-37(18-15-27)32(39)28-12-11-25(3)30(23-28)35-31-24-29(13-16-34-31)33(40)38-21-19-36(4)20-22-38/h1-2,8-13,16,23-24,27H,7,14-15,17-22H2,3-4H3,(H,34,35)/b10-8-,26-9+. The number of aryl methyl sites for hydroxylation is 1. The number of amides is 2. The lowest BCUT2D eigenvalue weighted by Crippen LogP contribution is -2.47. The molecule has 206 valence electrons. The summed E-state index contributed by atoms with van der Waals surface area (Å²) in [5.74, 6) is 6.12. The van der Waals surface area contributed by atoms with Crippen LogP contribution >= 0.6 is 0 Å². The van der Waals surface area contributed by atoms with Crippen molar-refractivity contribution in [1.29, 1.82) is 0 Å². The van der Waals surface area contributed by atoms with Crippen LogP contribution in [-0.2, 0) is 0 Å². The molecular formula is C33H37N5O2. The molecule has 2 saturated heterocycles. The molecule has 3 heterocycles. The van der Waals surface area contributed by atoms with Crippen molar-refractivity contribution < 1.29 is 9.59 Å². The molecule has 7 nitrogen and oxygen atoms in total. The minimum atomic E-state index is -0.00110. The lowest BCUT2D eigenvalue weighted by Gasteiger charge is -2.32. The summed E-state index contributed by atoms with van der Waals surface area (Å²) in [7, 11) is 2.06. The molecule has 0 radical (unpaired) electrons. The summed E-state index contributed by atoms with van der Waals surface area (Å²) in [4.78, 5) is 36.9. The number of benzene rings is 1. The molecule has 0 atom stereocenters. The molecule has 0 saturated carbocycles. The van der Waals surface area contributed by atoms with Crippen molar-refractivity contribution in [2.45, 2.75) is 26.2 Å². The monoisotopic (exact) mass is 535 g/mol. The van der Waals surface area contributed by atoms with Crippen LogP contribution in [0.2, 0.25) is 0 Å². The number of piperazine rings is 1. The van der Waals surface area contributed by atoms with Gasteiger partial charge in [0.2, 0.25) is 0 Å². The number of nitrogens with one attached hydrogen (secondary N) is 1. The molecular weight excluding hydrogens is 498 g/mol. The Morgan fingerprint density at radius 3 is 2.35 bits per heavy atom. The lowest BCUT2D eigenvalue weighted by atomic mass is 9.88. The summed E-state index contributed by atoms with van der Waals surface area (Å²) in [6.45, 7) is 6.45. The maximum absolute atomic E-state index is 13.4. The van der Waals surface area contributed by atoms with Gasteiger partial charge in [-0.2, -0.15) is 0 Å². The average molecular weight is 536 g/mol. The predicted molar refractivity (Wildman–Crippen MR) is 160 cm³/mol. The highest BCUT2D eigenvalue weighted by Gasteiger charge is 2.25. The van der Waals surface area contributed by atoms with Crippen LogP contribution in [0.1, 0.15) is 45.5 Å². The van der Waals surface area contributed by atoms with Crippen LogP contribution in [0.4, 0.5) is 11.5 Å². The highest BCUT2D eigenvalue weighted by Crippen LogP contribution is 2.28. The zero-order valence-electron chi connectivity index (χ0n) is 23.4. The molecule has 2 aliphatic rings. The molecule has 7 heteroatoms. The minimum absolute atomic E-state index is 0.00110. The number of pyridine rings is 1. The van der Waals surface area contributed by atoms with Gasteiger partial charge in [-0.15, -0.1) is 18.8 Å². The Labute approximate surface area is 237 Å². The van der Waals surface area contributed by atoms with Crippen molar-refractivity contribution in [2.24, 2.45) is 5.92 Å². The fourth-order valence-corrected chi connectivity index (χ4v) is 5.11. The van der Waals surface area contributed by atoms with E-state index in [2.05, 4.69) is 34.1 Å². The summed E-state index contributed by atoms with van der Waals surface area (Å²) in [5.41, 5.74) is 4.07. The molecule has 2 amide bonds. The van der Waals surface area contributed by atoms with Gasteiger partial charge in [0, 0.05) is 68.7 Å². The first kappa shape index (κ1) is 28.7. The van der Waals surface area contributed by atoms with Crippen LogP contribution in [0.15, 0.2) is 60.3 Å². The first-order valence-electron chi connectivity index (χ1n) is 13.8. The number of hydrogen-bond donors (Lipinski definition) is 1. The number of terminal acetylenes is 2. The summed E-state index contributed by atoms with van der Waals surface area (Å²) in [5, 5.41) is 3.33. The first-order valence-corrected chi connectivity index (χ1v) is 13.8. The topological polar surface area (TPSA) is 68.8 Å². The van der Waals surface area contributed by atoms with Crippen molar-refractivity contribution in [3.63, 3.8) is 0 Å². The number of likely N-dealkylation sites (N-methyl/N-ethyl adjacent to an activating group) is 1. The second kappa shape index (κ2) is 13.6. The quantitative estimate of drug-likeness (QED) is 0.417. The Morgan fingerprint density at radius 2 is 1.68 bits per heavy atom. The molecule has 1 aromatic heterocycles. The van der Waals surface area contributed by atoms with E-state index in [9.17, 15) is 9.59 Å². The molecule has 0 spiro atoms. The van der Waals surface area contributed by atoms with Gasteiger partial charge in [-0.1, -0.05) is 24.1 Å². The molecule has 2 fully saturated rings. The normalized spacial score (nSPS) is 16.9. The number of rotatable bonds is 7. The van der Waals surface area contributed by atoms with Crippen LogP contribution in [0.5, 0.6) is 0 Å². The Hall–Kier alpha value is -4.33. The highest BCUT2D eigenvalue weighted by molar-refractivity contribution is 5.96. The van der Waals surface area contributed by atoms with Crippen molar-refractivity contribution in [2.75, 3.05) is 51.6 Å². The Kier molecular flexibility index (Phi) is 9.78. The van der Waals surface area contributed by atoms with Gasteiger partial charge in [0.15, 0.2) is 0 Å². The van der Waals surface area contributed by atoms with Gasteiger partial charge in [-0.3, -0.25) is 9.59 Å². The Morgan fingerprint density at radius 1 is 1.00 bits per heavy atom. The number of hydrogen-bond acceptors (Lipinski definition) is 5. The van der Waals surface area contributed by atoms with Gasteiger partial charge in [0.05, 0.1) is 0 Å². The average Bonchev–Trinajstić information content (AvgIpc) is 2.98. The largest absolute Gasteiger partial charge is 0.340 e. The molecule has 0 unspecified atom stereocenters. The van der Waals surface area contributed by atoms with E-state index < -0.39 is 0 Å². The maximum Gasteiger partial charge on any atom is 0.254 e. The molecule has 2 aromatic rings. The highest BCUT2D eigenvalue weighted by atomic mass is 16.2. The first-order chi connectivity index (χ1) is 19.4. The molecule has 40 heavy (non-hydrogen) atoms. The number of carbonyl (C=O) groups is 2. The van der Waals surface area contributed by atoms with Gasteiger partial charge < -0.3 is 20.0 Å². The van der Waals surface area contributed by atoms with Gasteiger partial charge in [0.1, 0.15) is 5.82 Å². The third-order valence-electron chi connectivity index (χ3n) is 7.59. The summed E-state index contributed by atoms with van der Waals surface area (Å²) < 4.78 is 0. The molecule has 4 rings (SSSR count). The minimum Gasteiger partial charge on any atom is -0.340 e. The number of aromatic nitrogens is 1. The van der Waals surface area contributed by atoms with E-state index in [1.54, 1.807) is 24.4 Å². The van der Waals surface area contributed by atoms with Crippen molar-refractivity contribution in [3.8, 4) is 24.7 Å². The molecule has 0 aliphatic carbocycles. The van der Waals surface area contributed by atoms with Crippen LogP contribution in [0.3, 0.4) is 0 Å². The van der Waals surface area contributed by atoms with E-state index in [-0.39, 0.29) is 11.8 Å². The van der Waals surface area contributed by atoms with Gasteiger partial charge >= 0.3 is 0 Å². The molecule has 2 aliphatic heterocycles. The lowest BCUT2D eigenvalue weighted by molar-refractivity contribution is 0.0663. The predicted octanol–water partition coefficient (Wildman–Crippen LogP) is 4.51. The smallest absolute Gasteiger partial charge is 0.254 e. The number of piperidine rings is 1. The van der Waals surface area contributed by atoms with Crippen LogP contribution in [-0.4, -0.2) is 77.8 Å².